The molecule has 19 heavy (non-hydrogen) atoms. The lowest BCUT2D eigenvalue weighted by atomic mass is 10.2. The van der Waals surface area contributed by atoms with Gasteiger partial charge < -0.3 is 10.0 Å². The van der Waals surface area contributed by atoms with E-state index in [-0.39, 0.29) is 23.2 Å². The average Bonchev–Trinajstić information content (AvgIpc) is 3.19. The number of carboxylic acid groups (broad SMARTS) is 1. The van der Waals surface area contributed by atoms with Gasteiger partial charge in [0.2, 0.25) is 5.82 Å². The van der Waals surface area contributed by atoms with E-state index in [2.05, 4.69) is 4.98 Å². The van der Waals surface area contributed by atoms with Gasteiger partial charge in [-0.15, -0.1) is 0 Å². The van der Waals surface area contributed by atoms with Gasteiger partial charge >= 0.3 is 11.7 Å². The van der Waals surface area contributed by atoms with Crippen molar-refractivity contribution in [3.05, 3.63) is 27.9 Å². The van der Waals surface area contributed by atoms with E-state index in [1.165, 1.54) is 12.1 Å². The van der Waals surface area contributed by atoms with Crippen molar-refractivity contribution >= 4 is 17.5 Å². The molecule has 0 aromatic carbocycles. The van der Waals surface area contributed by atoms with Crippen LogP contribution in [0.5, 0.6) is 0 Å². The molecule has 0 bridgehead atoms. The van der Waals surface area contributed by atoms with Crippen LogP contribution in [0.4, 0.5) is 11.5 Å². The Bertz CT molecular complexity index is 514. The van der Waals surface area contributed by atoms with Crippen molar-refractivity contribution in [2.24, 2.45) is 0 Å². The van der Waals surface area contributed by atoms with Crippen molar-refractivity contribution in [3.8, 4) is 0 Å². The van der Waals surface area contributed by atoms with Crippen molar-refractivity contribution in [1.82, 2.24) is 4.98 Å². The molecule has 0 saturated heterocycles. The first-order valence-corrected chi connectivity index (χ1v) is 6.20. The van der Waals surface area contributed by atoms with Gasteiger partial charge in [0.15, 0.2) is 5.69 Å². The normalized spacial score (nSPS) is 14.2. The van der Waals surface area contributed by atoms with Gasteiger partial charge in [-0.25, -0.2) is 9.78 Å². The van der Waals surface area contributed by atoms with Gasteiger partial charge in [-0.2, -0.15) is 0 Å². The Labute approximate surface area is 110 Å². The molecule has 1 aliphatic carbocycles. The maximum atomic E-state index is 11.0. The Kier molecular flexibility index (Phi) is 3.64. The van der Waals surface area contributed by atoms with Gasteiger partial charge in [-0.1, -0.05) is 6.92 Å². The quantitative estimate of drug-likeness (QED) is 0.624. The third-order valence-corrected chi connectivity index (χ3v) is 2.99. The highest BCUT2D eigenvalue weighted by Gasteiger charge is 2.34. The number of nitro groups is 1. The second kappa shape index (κ2) is 5.21. The maximum absolute atomic E-state index is 11.0. The van der Waals surface area contributed by atoms with Crippen molar-refractivity contribution in [2.45, 2.75) is 32.2 Å². The molecule has 0 spiro atoms. The number of rotatable bonds is 6. The van der Waals surface area contributed by atoms with Gasteiger partial charge in [-0.3, -0.25) is 10.1 Å². The summed E-state index contributed by atoms with van der Waals surface area (Å²) in [4.78, 5) is 27.3. The van der Waals surface area contributed by atoms with E-state index in [1.807, 2.05) is 11.8 Å². The van der Waals surface area contributed by atoms with Gasteiger partial charge in [0.05, 0.1) is 4.92 Å². The first-order chi connectivity index (χ1) is 9.04. The lowest BCUT2D eigenvalue weighted by Gasteiger charge is -2.22. The highest BCUT2D eigenvalue weighted by Crippen LogP contribution is 2.35. The van der Waals surface area contributed by atoms with E-state index >= 15 is 0 Å². The van der Waals surface area contributed by atoms with Gasteiger partial charge in [0.25, 0.3) is 0 Å². The largest absolute Gasteiger partial charge is 0.477 e. The summed E-state index contributed by atoms with van der Waals surface area (Å²) in [6.45, 7) is 2.61. The predicted molar refractivity (Wildman–Crippen MR) is 68.5 cm³/mol. The Hall–Kier alpha value is -2.18. The van der Waals surface area contributed by atoms with Crippen LogP contribution in [0.1, 0.15) is 36.7 Å². The van der Waals surface area contributed by atoms with Crippen molar-refractivity contribution in [3.63, 3.8) is 0 Å². The summed E-state index contributed by atoms with van der Waals surface area (Å²) in [7, 11) is 0. The molecule has 102 valence electrons. The Morgan fingerprint density at radius 2 is 2.26 bits per heavy atom. The summed E-state index contributed by atoms with van der Waals surface area (Å²) in [5.41, 5.74) is -0.298. The molecule has 0 radical (unpaired) electrons. The third-order valence-electron chi connectivity index (χ3n) is 2.99. The zero-order valence-corrected chi connectivity index (χ0v) is 10.6. The summed E-state index contributed by atoms with van der Waals surface area (Å²) in [6, 6.07) is 2.63. The monoisotopic (exact) mass is 265 g/mol. The molecule has 1 fully saturated rings. The summed E-state index contributed by atoms with van der Waals surface area (Å²) in [6.07, 6.45) is 2.76. The molecule has 1 aromatic heterocycles. The zero-order chi connectivity index (χ0) is 14.0. The van der Waals surface area contributed by atoms with Gasteiger partial charge in [0, 0.05) is 18.7 Å². The van der Waals surface area contributed by atoms with Crippen LogP contribution in [0, 0.1) is 10.1 Å². The van der Waals surface area contributed by atoms with E-state index in [0.717, 1.165) is 19.3 Å². The van der Waals surface area contributed by atoms with Crippen LogP contribution in [0.2, 0.25) is 0 Å². The molecule has 0 aliphatic heterocycles. The number of hydrogen-bond donors (Lipinski definition) is 1. The van der Waals surface area contributed by atoms with Gasteiger partial charge in [-0.05, 0) is 25.3 Å². The molecule has 1 saturated carbocycles. The van der Waals surface area contributed by atoms with E-state index in [0.29, 0.717) is 6.54 Å². The predicted octanol–water partition coefficient (Wildman–Crippen LogP) is 2.07. The van der Waals surface area contributed by atoms with Crippen LogP contribution in [0.25, 0.3) is 0 Å². The molecule has 0 unspecified atom stereocenters. The number of hydrogen-bond acceptors (Lipinski definition) is 5. The fourth-order valence-corrected chi connectivity index (χ4v) is 2.00. The summed E-state index contributed by atoms with van der Waals surface area (Å²) >= 11 is 0. The van der Waals surface area contributed by atoms with E-state index in [1.54, 1.807) is 0 Å². The molecule has 7 heteroatoms. The standard InChI is InChI=1S/C12H15N3O4/c1-2-7-14(8-3-4-8)11-10(15(18)19)6-5-9(13-11)12(16)17/h5-6,8H,2-4,7H2,1H3,(H,16,17). The number of aromatic nitrogens is 1. The minimum absolute atomic E-state index is 0.134. The second-order valence-corrected chi connectivity index (χ2v) is 4.53. The summed E-state index contributed by atoms with van der Waals surface area (Å²) < 4.78 is 0. The second-order valence-electron chi connectivity index (χ2n) is 4.53. The zero-order valence-electron chi connectivity index (χ0n) is 10.6. The summed E-state index contributed by atoms with van der Waals surface area (Å²) in [5, 5.41) is 20.0. The average molecular weight is 265 g/mol. The number of pyridine rings is 1. The molecule has 1 aromatic rings. The van der Waals surface area contributed by atoms with Crippen LogP contribution in [0.15, 0.2) is 12.1 Å². The molecule has 1 aliphatic rings. The minimum atomic E-state index is -1.18. The molecule has 0 amide bonds. The molecule has 1 N–H and O–H groups in total. The summed E-state index contributed by atoms with van der Waals surface area (Å²) in [5.74, 6) is -1.00. The van der Waals surface area contributed by atoms with Crippen LogP contribution >= 0.6 is 0 Å². The third kappa shape index (κ3) is 2.81. The van der Waals surface area contributed by atoms with Crippen LogP contribution in [-0.2, 0) is 0 Å². The fourth-order valence-electron chi connectivity index (χ4n) is 2.00. The van der Waals surface area contributed by atoms with Crippen molar-refractivity contribution in [2.75, 3.05) is 11.4 Å². The van der Waals surface area contributed by atoms with Crippen LogP contribution < -0.4 is 4.90 Å². The number of carboxylic acids is 1. The minimum Gasteiger partial charge on any atom is -0.477 e. The van der Waals surface area contributed by atoms with Crippen LogP contribution in [-0.4, -0.2) is 33.6 Å². The molecular weight excluding hydrogens is 250 g/mol. The number of aromatic carboxylic acids is 1. The topological polar surface area (TPSA) is 96.6 Å². The molecule has 1 heterocycles. The highest BCUT2D eigenvalue weighted by molar-refractivity contribution is 5.86. The molecule has 7 nitrogen and oxygen atoms in total. The Balaban J connectivity index is 2.46. The number of anilines is 1. The fraction of sp³-hybridized carbons (Fsp3) is 0.500. The smallest absolute Gasteiger partial charge is 0.354 e. The molecule has 0 atom stereocenters. The first kappa shape index (κ1) is 13.3. The van der Waals surface area contributed by atoms with E-state index < -0.39 is 10.9 Å². The molecular formula is C12H15N3O4. The SMILES string of the molecule is CCCN(c1nc(C(=O)O)ccc1[N+](=O)[O-])C1CC1. The van der Waals surface area contributed by atoms with E-state index in [4.69, 9.17) is 5.11 Å². The van der Waals surface area contributed by atoms with Crippen molar-refractivity contribution < 1.29 is 14.8 Å². The number of nitrogens with zero attached hydrogens (tertiary/aromatic N) is 3. The van der Waals surface area contributed by atoms with Gasteiger partial charge in [0.1, 0.15) is 0 Å². The molecule has 2 rings (SSSR count). The number of carbonyl (C=O) groups is 1. The van der Waals surface area contributed by atoms with Crippen LogP contribution in [0.3, 0.4) is 0 Å². The Morgan fingerprint density at radius 3 is 2.74 bits per heavy atom. The lowest BCUT2D eigenvalue weighted by Crippen LogP contribution is -2.28. The van der Waals surface area contributed by atoms with Crippen molar-refractivity contribution in [1.29, 1.82) is 0 Å². The van der Waals surface area contributed by atoms with E-state index in [9.17, 15) is 14.9 Å². The highest BCUT2D eigenvalue weighted by atomic mass is 16.6. The Morgan fingerprint density at radius 1 is 1.58 bits per heavy atom. The lowest BCUT2D eigenvalue weighted by molar-refractivity contribution is -0.384. The maximum Gasteiger partial charge on any atom is 0.354 e. The first-order valence-electron chi connectivity index (χ1n) is 6.20.